The number of piperazine rings is 1. The minimum atomic E-state index is -0.480. The summed E-state index contributed by atoms with van der Waals surface area (Å²) in [5, 5.41) is 5.01. The van der Waals surface area contributed by atoms with Gasteiger partial charge in [-0.2, -0.15) is 0 Å². The second kappa shape index (κ2) is 7.91. The standard InChI is InChI=1S/C20H23BCl2N2O/c1-13-4-6-16(10-18(13)22)20(17-7-5-14(2)19(23)11-17)12-24-8-9-25(20)15(3)26-21/h4-7,10-11,15,24H,8-9,12H2,1-3H3. The highest BCUT2D eigenvalue weighted by atomic mass is 35.5. The fourth-order valence-electron chi connectivity index (χ4n) is 3.73. The minimum absolute atomic E-state index is 0.266. The zero-order valence-corrected chi connectivity index (χ0v) is 16.9. The molecule has 2 radical (unpaired) electrons. The van der Waals surface area contributed by atoms with Crippen LogP contribution in [0.2, 0.25) is 10.0 Å². The Morgan fingerprint density at radius 1 is 1.08 bits per heavy atom. The van der Waals surface area contributed by atoms with Gasteiger partial charge in [0.15, 0.2) is 0 Å². The van der Waals surface area contributed by atoms with Crippen molar-refractivity contribution in [2.24, 2.45) is 0 Å². The molecule has 1 saturated heterocycles. The Morgan fingerprint density at radius 3 is 2.08 bits per heavy atom. The van der Waals surface area contributed by atoms with Crippen molar-refractivity contribution in [3.63, 3.8) is 0 Å². The summed E-state index contributed by atoms with van der Waals surface area (Å²) >= 11 is 13.0. The fourth-order valence-corrected chi connectivity index (χ4v) is 4.09. The third-order valence-electron chi connectivity index (χ3n) is 5.34. The summed E-state index contributed by atoms with van der Waals surface area (Å²) in [6, 6.07) is 12.4. The largest absolute Gasteiger partial charge is 0.433 e. The van der Waals surface area contributed by atoms with Crippen LogP contribution in [0.25, 0.3) is 0 Å². The molecule has 0 amide bonds. The van der Waals surface area contributed by atoms with Crippen LogP contribution in [-0.2, 0) is 10.2 Å². The molecule has 1 aliphatic heterocycles. The topological polar surface area (TPSA) is 24.5 Å². The summed E-state index contributed by atoms with van der Waals surface area (Å²) in [6.07, 6.45) is -0.266. The Kier molecular flexibility index (Phi) is 6.00. The maximum Gasteiger partial charge on any atom is 0.284 e. The third kappa shape index (κ3) is 3.41. The van der Waals surface area contributed by atoms with Crippen LogP contribution in [0.3, 0.4) is 0 Å². The average molecular weight is 389 g/mol. The molecule has 1 heterocycles. The summed E-state index contributed by atoms with van der Waals surface area (Å²) in [7, 11) is 5.57. The zero-order chi connectivity index (χ0) is 18.9. The molecule has 0 spiro atoms. The molecule has 3 nitrogen and oxygen atoms in total. The van der Waals surface area contributed by atoms with Gasteiger partial charge in [-0.1, -0.05) is 47.5 Å². The van der Waals surface area contributed by atoms with Crippen molar-refractivity contribution in [2.45, 2.75) is 32.5 Å². The quantitative estimate of drug-likeness (QED) is 0.794. The van der Waals surface area contributed by atoms with E-state index in [9.17, 15) is 0 Å². The van der Waals surface area contributed by atoms with E-state index < -0.39 is 5.54 Å². The van der Waals surface area contributed by atoms with Crippen molar-refractivity contribution in [1.82, 2.24) is 10.2 Å². The molecular formula is C20H23BCl2N2O. The lowest BCUT2D eigenvalue weighted by Crippen LogP contribution is -2.62. The predicted octanol–water partition coefficient (Wildman–Crippen LogP) is 4.21. The maximum absolute atomic E-state index is 6.48. The van der Waals surface area contributed by atoms with Crippen LogP contribution in [0.1, 0.15) is 29.2 Å². The molecule has 2 aromatic carbocycles. The van der Waals surface area contributed by atoms with Crippen LogP contribution >= 0.6 is 23.2 Å². The molecular weight excluding hydrogens is 366 g/mol. The molecule has 3 rings (SSSR count). The summed E-state index contributed by atoms with van der Waals surface area (Å²) in [6.45, 7) is 8.32. The summed E-state index contributed by atoms with van der Waals surface area (Å²) in [5.74, 6) is 0. The molecule has 0 aliphatic carbocycles. The highest BCUT2D eigenvalue weighted by molar-refractivity contribution is 6.31. The van der Waals surface area contributed by atoms with Crippen LogP contribution in [0.4, 0.5) is 0 Å². The molecule has 0 aromatic heterocycles. The first-order valence-electron chi connectivity index (χ1n) is 8.76. The summed E-state index contributed by atoms with van der Waals surface area (Å²) < 4.78 is 5.23. The lowest BCUT2D eigenvalue weighted by Gasteiger charge is -2.51. The van der Waals surface area contributed by atoms with Gasteiger partial charge in [-0.25, -0.2) is 0 Å². The van der Waals surface area contributed by atoms with Gasteiger partial charge in [0.05, 0.1) is 11.8 Å². The first-order chi connectivity index (χ1) is 12.4. The van der Waals surface area contributed by atoms with Crippen molar-refractivity contribution >= 4 is 31.3 Å². The lowest BCUT2D eigenvalue weighted by atomic mass is 9.79. The number of hydrogen-bond acceptors (Lipinski definition) is 3. The average Bonchev–Trinajstić information content (AvgIpc) is 2.65. The van der Waals surface area contributed by atoms with Gasteiger partial charge in [-0.05, 0) is 55.2 Å². The van der Waals surface area contributed by atoms with E-state index in [1.807, 2.05) is 32.9 Å². The molecule has 1 fully saturated rings. The molecule has 136 valence electrons. The van der Waals surface area contributed by atoms with Gasteiger partial charge < -0.3 is 9.97 Å². The van der Waals surface area contributed by atoms with Gasteiger partial charge in [0.1, 0.15) is 0 Å². The van der Waals surface area contributed by atoms with Crippen LogP contribution in [0.15, 0.2) is 36.4 Å². The number of hydrogen-bond donors (Lipinski definition) is 1. The van der Waals surface area contributed by atoms with Crippen molar-refractivity contribution in [3.8, 4) is 0 Å². The van der Waals surface area contributed by atoms with Gasteiger partial charge in [0.2, 0.25) is 0 Å². The number of halogens is 2. The number of nitrogens with one attached hydrogen (secondary N) is 1. The molecule has 2 aromatic rings. The van der Waals surface area contributed by atoms with E-state index in [-0.39, 0.29) is 6.23 Å². The van der Waals surface area contributed by atoms with Crippen LogP contribution in [0, 0.1) is 13.8 Å². The van der Waals surface area contributed by atoms with Crippen LogP contribution < -0.4 is 5.32 Å². The second-order valence-corrected chi connectivity index (χ2v) is 7.71. The van der Waals surface area contributed by atoms with E-state index in [1.54, 1.807) is 0 Å². The van der Waals surface area contributed by atoms with Gasteiger partial charge in [-0.3, -0.25) is 4.90 Å². The normalized spacial score (nSPS) is 18.7. The van der Waals surface area contributed by atoms with Crippen LogP contribution in [-0.4, -0.2) is 38.8 Å². The number of nitrogens with zero attached hydrogens (tertiary/aromatic N) is 1. The smallest absolute Gasteiger partial charge is 0.284 e. The monoisotopic (exact) mass is 388 g/mol. The fraction of sp³-hybridized carbons (Fsp3) is 0.400. The first kappa shape index (κ1) is 19.7. The Hall–Kier alpha value is -1.04. The number of rotatable bonds is 4. The van der Waals surface area contributed by atoms with Gasteiger partial charge in [0, 0.05) is 29.7 Å². The zero-order valence-electron chi connectivity index (χ0n) is 15.4. The van der Waals surface area contributed by atoms with E-state index in [4.69, 9.17) is 35.9 Å². The molecule has 1 aliphatic rings. The van der Waals surface area contributed by atoms with E-state index >= 15 is 0 Å². The van der Waals surface area contributed by atoms with Gasteiger partial charge in [-0.15, -0.1) is 0 Å². The Balaban J connectivity index is 2.25. The van der Waals surface area contributed by atoms with Crippen molar-refractivity contribution < 1.29 is 4.65 Å². The molecule has 6 heteroatoms. The van der Waals surface area contributed by atoms with E-state index in [2.05, 4.69) is 34.5 Å². The Morgan fingerprint density at radius 2 is 1.62 bits per heavy atom. The van der Waals surface area contributed by atoms with Crippen LogP contribution in [0.5, 0.6) is 0 Å². The predicted molar refractivity (Wildman–Crippen MR) is 109 cm³/mol. The molecule has 1 unspecified atom stereocenters. The first-order valence-corrected chi connectivity index (χ1v) is 9.52. The lowest BCUT2D eigenvalue weighted by molar-refractivity contribution is -0.0393. The molecule has 0 bridgehead atoms. The summed E-state index contributed by atoms with van der Waals surface area (Å²) in [5.41, 5.74) is 3.79. The Labute approximate surface area is 167 Å². The molecule has 1 N–H and O–H groups in total. The number of benzene rings is 2. The van der Waals surface area contributed by atoms with Gasteiger partial charge in [0.25, 0.3) is 8.05 Å². The van der Waals surface area contributed by atoms with Gasteiger partial charge >= 0.3 is 0 Å². The van der Waals surface area contributed by atoms with Crippen molar-refractivity contribution in [2.75, 3.05) is 19.6 Å². The highest BCUT2D eigenvalue weighted by Crippen LogP contribution is 2.41. The van der Waals surface area contributed by atoms with E-state index in [0.717, 1.165) is 45.4 Å². The molecule has 26 heavy (non-hydrogen) atoms. The molecule has 1 atom stereocenters. The number of aryl methyl sites for hydroxylation is 2. The Bertz CT molecular complexity index is 748. The third-order valence-corrected chi connectivity index (χ3v) is 6.15. The van der Waals surface area contributed by atoms with E-state index in [1.165, 1.54) is 0 Å². The summed E-state index contributed by atoms with van der Waals surface area (Å²) in [4.78, 5) is 2.27. The highest BCUT2D eigenvalue weighted by Gasteiger charge is 2.44. The SMILES string of the molecule is [B]OC(C)N1CCNCC1(c1ccc(C)c(Cl)c1)c1ccc(C)c(Cl)c1. The van der Waals surface area contributed by atoms with E-state index in [0.29, 0.717) is 6.54 Å². The molecule has 0 saturated carbocycles. The van der Waals surface area contributed by atoms with Crippen molar-refractivity contribution in [1.29, 1.82) is 0 Å². The maximum atomic E-state index is 6.48. The van der Waals surface area contributed by atoms with Crippen molar-refractivity contribution in [3.05, 3.63) is 68.7 Å². The second-order valence-electron chi connectivity index (χ2n) is 6.89. The minimum Gasteiger partial charge on any atom is -0.433 e.